The van der Waals surface area contributed by atoms with Crippen molar-refractivity contribution < 1.29 is 26.3 Å². The second kappa shape index (κ2) is 9.87. The van der Waals surface area contributed by atoms with Crippen LogP contribution in [0.25, 0.3) is 11.0 Å². The maximum Gasteiger partial charge on any atom is 0.280 e. The number of rotatable bonds is 6. The summed E-state index contributed by atoms with van der Waals surface area (Å²) in [5.41, 5.74) is -1.16. The fourth-order valence-electron chi connectivity index (χ4n) is 4.39. The van der Waals surface area contributed by atoms with Crippen molar-refractivity contribution in [3.05, 3.63) is 47.0 Å². The Morgan fingerprint density at radius 3 is 2.37 bits per heavy atom. The van der Waals surface area contributed by atoms with Crippen LogP contribution >= 0.6 is 0 Å². The largest absolute Gasteiger partial charge is 0.479 e. The highest BCUT2D eigenvalue weighted by Crippen LogP contribution is 2.46. The molecule has 3 aromatic rings. The summed E-state index contributed by atoms with van der Waals surface area (Å²) >= 11 is 0. The first-order valence-corrected chi connectivity index (χ1v) is 14.1. The van der Waals surface area contributed by atoms with E-state index in [2.05, 4.69) is 20.3 Å². The van der Waals surface area contributed by atoms with Gasteiger partial charge in [-0.2, -0.15) is 4.98 Å². The van der Waals surface area contributed by atoms with E-state index in [4.69, 9.17) is 4.74 Å². The number of fused-ring (bicyclic) bond motifs is 1. The number of halogens is 3. The third-order valence-corrected chi connectivity index (χ3v) is 8.36. The summed E-state index contributed by atoms with van der Waals surface area (Å²) in [7, 11) is -1.63. The molecule has 1 atom stereocenters. The van der Waals surface area contributed by atoms with Gasteiger partial charge in [-0.3, -0.25) is 0 Å². The molecular formula is C26H32F3N5O3S. The van der Waals surface area contributed by atoms with Gasteiger partial charge in [-0.25, -0.2) is 31.6 Å². The van der Waals surface area contributed by atoms with E-state index in [1.54, 1.807) is 19.9 Å². The Morgan fingerprint density at radius 1 is 1.11 bits per heavy atom. The van der Waals surface area contributed by atoms with Crippen molar-refractivity contribution in [3.8, 4) is 5.88 Å². The zero-order chi connectivity index (χ0) is 28.0. The first-order chi connectivity index (χ1) is 17.6. The van der Waals surface area contributed by atoms with Gasteiger partial charge < -0.3 is 15.0 Å². The van der Waals surface area contributed by atoms with Crippen LogP contribution in [0, 0.1) is 18.2 Å². The van der Waals surface area contributed by atoms with Gasteiger partial charge in [-0.15, -0.1) is 0 Å². The molecule has 206 valence electrons. The molecule has 4 rings (SSSR count). The number of pyridine rings is 1. The number of ether oxygens (including phenoxy) is 1. The lowest BCUT2D eigenvalue weighted by molar-refractivity contribution is -0.107. The van der Waals surface area contributed by atoms with Gasteiger partial charge in [-0.1, -0.05) is 39.0 Å². The fourth-order valence-corrected chi connectivity index (χ4v) is 5.59. The minimum absolute atomic E-state index is 0.00947. The van der Waals surface area contributed by atoms with E-state index in [1.807, 2.05) is 4.90 Å². The summed E-state index contributed by atoms with van der Waals surface area (Å²) < 4.78 is 74.9. The second-order valence-corrected chi connectivity index (χ2v) is 12.8. The van der Waals surface area contributed by atoms with Crippen molar-refractivity contribution in [1.82, 2.24) is 15.0 Å². The summed E-state index contributed by atoms with van der Waals surface area (Å²) in [5.74, 6) is -3.32. The molecular weight excluding hydrogens is 519 g/mol. The minimum atomic E-state index is -3.39. The van der Waals surface area contributed by atoms with Crippen molar-refractivity contribution >= 4 is 32.4 Å². The van der Waals surface area contributed by atoms with Gasteiger partial charge in [0.2, 0.25) is 5.88 Å². The van der Waals surface area contributed by atoms with Crippen LogP contribution in [-0.2, 0) is 15.8 Å². The van der Waals surface area contributed by atoms with Crippen molar-refractivity contribution in [2.75, 3.05) is 41.9 Å². The Balaban J connectivity index is 1.75. The molecule has 12 heteroatoms. The molecule has 2 aromatic heterocycles. The molecule has 0 radical (unpaired) electrons. The number of hydrogen-bond acceptors (Lipinski definition) is 8. The topological polar surface area (TPSA) is 97.3 Å². The Kier molecular flexibility index (Phi) is 7.24. The summed E-state index contributed by atoms with van der Waals surface area (Å²) in [6.45, 7) is 8.00. The number of sulfone groups is 1. The Bertz CT molecular complexity index is 1460. The zero-order valence-corrected chi connectivity index (χ0v) is 23.1. The molecule has 1 N–H and O–H groups in total. The third-order valence-electron chi connectivity index (χ3n) is 6.75. The second-order valence-electron chi connectivity index (χ2n) is 10.5. The van der Waals surface area contributed by atoms with Crippen molar-refractivity contribution in [3.63, 3.8) is 0 Å². The number of benzene rings is 1. The molecule has 1 fully saturated rings. The van der Waals surface area contributed by atoms with Gasteiger partial charge >= 0.3 is 0 Å². The first-order valence-electron chi connectivity index (χ1n) is 12.3. The fraction of sp³-hybridized carbons (Fsp3) is 0.500. The first kappa shape index (κ1) is 27.9. The van der Waals surface area contributed by atoms with Crippen LogP contribution in [0.15, 0.2) is 24.3 Å². The van der Waals surface area contributed by atoms with Gasteiger partial charge in [0.05, 0.1) is 35.6 Å². The van der Waals surface area contributed by atoms with Crippen LogP contribution in [0.5, 0.6) is 5.88 Å². The number of anilines is 2. The van der Waals surface area contributed by atoms with E-state index < -0.39 is 38.6 Å². The minimum Gasteiger partial charge on any atom is -0.479 e. The Hall–Kier alpha value is -3.15. The van der Waals surface area contributed by atoms with Crippen LogP contribution in [-0.4, -0.2) is 55.1 Å². The number of nitrogens with zero attached hydrogens (tertiary/aromatic N) is 4. The molecule has 0 saturated carbocycles. The number of aromatic nitrogens is 3. The summed E-state index contributed by atoms with van der Waals surface area (Å²) in [6.07, 6.45) is 0. The Morgan fingerprint density at radius 2 is 1.76 bits per heavy atom. The lowest BCUT2D eigenvalue weighted by atomic mass is 9.82. The quantitative estimate of drug-likeness (QED) is 0.456. The molecule has 0 aliphatic carbocycles. The van der Waals surface area contributed by atoms with E-state index in [0.29, 0.717) is 28.4 Å². The molecule has 0 spiro atoms. The van der Waals surface area contributed by atoms with Crippen LogP contribution in [0.2, 0.25) is 0 Å². The number of aryl methyl sites for hydroxylation is 1. The average Bonchev–Trinajstić information content (AvgIpc) is 2.82. The van der Waals surface area contributed by atoms with E-state index in [1.165, 1.54) is 40.0 Å². The van der Waals surface area contributed by atoms with Gasteiger partial charge in [0, 0.05) is 24.1 Å². The van der Waals surface area contributed by atoms with Crippen LogP contribution in [0.3, 0.4) is 0 Å². The number of hydrogen-bond donors (Lipinski definition) is 1. The SMILES string of the molecule is COc1nc2nc(C)nc(N[C@H](C)c3cccc(C(F)(F)C(C)(C)C)c3F)c2cc1N1CCS(=O)(=O)CC1. The molecule has 0 bridgehead atoms. The van der Waals surface area contributed by atoms with Gasteiger partial charge in [0.15, 0.2) is 15.5 Å². The lowest BCUT2D eigenvalue weighted by Gasteiger charge is -2.31. The molecule has 0 unspecified atom stereocenters. The molecule has 1 aliphatic heterocycles. The number of alkyl halides is 2. The normalized spacial score (nSPS) is 16.9. The number of nitrogens with one attached hydrogen (secondary N) is 1. The predicted octanol–water partition coefficient (Wildman–Crippen LogP) is 5.03. The average molecular weight is 552 g/mol. The molecule has 1 aliphatic rings. The van der Waals surface area contributed by atoms with Crippen molar-refractivity contribution in [1.29, 1.82) is 0 Å². The summed E-state index contributed by atoms with van der Waals surface area (Å²) in [6, 6.07) is 5.03. The van der Waals surface area contributed by atoms with E-state index in [0.717, 1.165) is 6.07 Å². The molecule has 0 amide bonds. The highest BCUT2D eigenvalue weighted by molar-refractivity contribution is 7.91. The monoisotopic (exact) mass is 551 g/mol. The highest BCUT2D eigenvalue weighted by Gasteiger charge is 2.47. The van der Waals surface area contributed by atoms with E-state index >= 15 is 13.2 Å². The van der Waals surface area contributed by atoms with Crippen LogP contribution in [0.1, 0.15) is 50.7 Å². The van der Waals surface area contributed by atoms with E-state index in [-0.39, 0.29) is 36.0 Å². The van der Waals surface area contributed by atoms with Gasteiger partial charge in [-0.05, 0) is 19.9 Å². The molecule has 8 nitrogen and oxygen atoms in total. The standard InChI is InChI=1S/C26H32F3N5O3S/c1-15(17-8-7-9-19(21(17)27)26(28,29)25(3,4)5)30-22-18-14-20(34-10-12-38(35,36)13-11-34)24(37-6)33-23(18)32-16(2)31-22/h7-9,14-15H,10-13H2,1-6H3,(H,30,31,32,33)/t15-/m1/s1. The van der Waals surface area contributed by atoms with Crippen LogP contribution in [0.4, 0.5) is 24.7 Å². The molecule has 38 heavy (non-hydrogen) atoms. The summed E-state index contributed by atoms with van der Waals surface area (Å²) in [5, 5.41) is 3.65. The zero-order valence-electron chi connectivity index (χ0n) is 22.3. The predicted molar refractivity (Wildman–Crippen MR) is 141 cm³/mol. The Labute approximate surface area is 220 Å². The van der Waals surface area contributed by atoms with Crippen molar-refractivity contribution in [2.24, 2.45) is 5.41 Å². The summed E-state index contributed by atoms with van der Waals surface area (Å²) in [4.78, 5) is 15.3. The highest BCUT2D eigenvalue weighted by atomic mass is 32.2. The van der Waals surface area contributed by atoms with E-state index in [9.17, 15) is 8.42 Å². The maximum atomic E-state index is 15.5. The maximum absolute atomic E-state index is 15.5. The molecule has 1 aromatic carbocycles. The lowest BCUT2D eigenvalue weighted by Crippen LogP contribution is -2.40. The van der Waals surface area contributed by atoms with Crippen molar-refractivity contribution in [2.45, 2.75) is 46.6 Å². The van der Waals surface area contributed by atoms with Crippen LogP contribution < -0.4 is 15.0 Å². The van der Waals surface area contributed by atoms with Gasteiger partial charge in [0.1, 0.15) is 23.1 Å². The third kappa shape index (κ3) is 5.23. The smallest absolute Gasteiger partial charge is 0.280 e. The molecule has 3 heterocycles. The molecule has 1 saturated heterocycles. The van der Waals surface area contributed by atoms with Gasteiger partial charge in [0.25, 0.3) is 5.92 Å². The number of methoxy groups -OCH3 is 1.